The van der Waals surface area contributed by atoms with Gasteiger partial charge in [-0.1, -0.05) is 48.0 Å². The number of hydrogen-bond donors (Lipinski definition) is 3. The van der Waals surface area contributed by atoms with Crippen LogP contribution in [0.25, 0.3) is 0 Å². The molecular formula is C19H24ClN3O2. The zero-order valence-electron chi connectivity index (χ0n) is 14.6. The topological polar surface area (TPSA) is 84.2 Å². The molecule has 2 rings (SSSR count). The Balaban J connectivity index is 0.00000312. The van der Waals surface area contributed by atoms with E-state index in [0.717, 1.165) is 22.4 Å². The van der Waals surface area contributed by atoms with Crippen molar-refractivity contribution in [1.82, 2.24) is 5.32 Å². The number of benzene rings is 2. The molecule has 2 aromatic rings. The minimum atomic E-state index is -0.793. The van der Waals surface area contributed by atoms with Crippen molar-refractivity contribution in [2.24, 2.45) is 5.73 Å². The van der Waals surface area contributed by atoms with Crippen molar-refractivity contribution in [1.29, 1.82) is 0 Å². The number of aryl methyl sites for hydroxylation is 3. The van der Waals surface area contributed by atoms with E-state index in [1.54, 1.807) is 0 Å². The SMILES string of the molecule is Cc1ccc(C(N)C(=O)NCC(=O)Nc2c(C)cccc2C)cc1.Cl. The lowest BCUT2D eigenvalue weighted by Crippen LogP contribution is -2.39. The van der Waals surface area contributed by atoms with Gasteiger partial charge in [0, 0.05) is 5.69 Å². The van der Waals surface area contributed by atoms with Crippen LogP contribution in [0, 0.1) is 20.8 Å². The molecular weight excluding hydrogens is 338 g/mol. The molecule has 4 N–H and O–H groups in total. The standard InChI is InChI=1S/C19H23N3O2.ClH/c1-12-7-9-15(10-8-12)17(20)19(24)21-11-16(23)22-18-13(2)5-4-6-14(18)3;/h4-10,17H,11,20H2,1-3H3,(H,21,24)(H,22,23);1H. The Labute approximate surface area is 154 Å². The Morgan fingerprint density at radius 3 is 2.12 bits per heavy atom. The Morgan fingerprint density at radius 2 is 1.56 bits per heavy atom. The summed E-state index contributed by atoms with van der Waals surface area (Å²) in [5.41, 5.74) is 10.5. The van der Waals surface area contributed by atoms with Crippen LogP contribution in [0.15, 0.2) is 42.5 Å². The number of nitrogens with two attached hydrogens (primary N) is 1. The minimum absolute atomic E-state index is 0. The molecule has 0 bridgehead atoms. The van der Waals surface area contributed by atoms with Gasteiger partial charge < -0.3 is 16.4 Å². The number of nitrogens with one attached hydrogen (secondary N) is 2. The fourth-order valence-electron chi connectivity index (χ4n) is 2.40. The highest BCUT2D eigenvalue weighted by Crippen LogP contribution is 2.19. The normalized spacial score (nSPS) is 11.2. The quantitative estimate of drug-likeness (QED) is 0.765. The van der Waals surface area contributed by atoms with Crippen molar-refractivity contribution in [3.8, 4) is 0 Å². The Morgan fingerprint density at radius 1 is 1.00 bits per heavy atom. The molecule has 0 saturated carbocycles. The van der Waals surface area contributed by atoms with Crippen LogP contribution in [0.1, 0.15) is 28.3 Å². The summed E-state index contributed by atoms with van der Waals surface area (Å²) in [6, 6.07) is 12.4. The molecule has 25 heavy (non-hydrogen) atoms. The summed E-state index contributed by atoms with van der Waals surface area (Å²) in [7, 11) is 0. The first kappa shape index (κ1) is 20.7. The summed E-state index contributed by atoms with van der Waals surface area (Å²) in [6.07, 6.45) is 0. The molecule has 134 valence electrons. The van der Waals surface area contributed by atoms with Gasteiger partial charge in [0.2, 0.25) is 11.8 Å². The molecule has 2 aromatic carbocycles. The van der Waals surface area contributed by atoms with Gasteiger partial charge in [-0.2, -0.15) is 0 Å². The predicted molar refractivity (Wildman–Crippen MR) is 103 cm³/mol. The summed E-state index contributed by atoms with van der Waals surface area (Å²) in [5, 5.41) is 5.40. The first-order valence-electron chi connectivity index (χ1n) is 7.84. The predicted octanol–water partition coefficient (Wildman–Crippen LogP) is 2.79. The van der Waals surface area contributed by atoms with Crippen molar-refractivity contribution in [3.05, 3.63) is 64.7 Å². The molecule has 1 unspecified atom stereocenters. The largest absolute Gasteiger partial charge is 0.345 e. The van der Waals surface area contributed by atoms with Crippen molar-refractivity contribution in [3.63, 3.8) is 0 Å². The van der Waals surface area contributed by atoms with Gasteiger partial charge in [-0.25, -0.2) is 0 Å². The molecule has 0 fully saturated rings. The molecule has 0 spiro atoms. The fraction of sp³-hybridized carbons (Fsp3) is 0.263. The molecule has 2 amide bonds. The van der Waals surface area contributed by atoms with E-state index < -0.39 is 6.04 Å². The zero-order valence-corrected chi connectivity index (χ0v) is 15.4. The maximum Gasteiger partial charge on any atom is 0.243 e. The lowest BCUT2D eigenvalue weighted by atomic mass is 10.1. The Hall–Kier alpha value is -2.37. The van der Waals surface area contributed by atoms with E-state index in [4.69, 9.17) is 5.73 Å². The number of halogens is 1. The van der Waals surface area contributed by atoms with Crippen molar-refractivity contribution < 1.29 is 9.59 Å². The highest BCUT2D eigenvalue weighted by atomic mass is 35.5. The first-order valence-corrected chi connectivity index (χ1v) is 7.84. The third-order valence-corrected chi connectivity index (χ3v) is 3.89. The van der Waals surface area contributed by atoms with E-state index in [2.05, 4.69) is 10.6 Å². The molecule has 0 heterocycles. The molecule has 0 aliphatic heterocycles. The summed E-state index contributed by atoms with van der Waals surface area (Å²) in [4.78, 5) is 24.2. The van der Waals surface area contributed by atoms with E-state index in [0.29, 0.717) is 5.56 Å². The van der Waals surface area contributed by atoms with Crippen LogP contribution in [0.5, 0.6) is 0 Å². The Bertz CT molecular complexity index is 725. The van der Waals surface area contributed by atoms with Crippen LogP contribution < -0.4 is 16.4 Å². The highest BCUT2D eigenvalue weighted by molar-refractivity contribution is 5.96. The van der Waals surface area contributed by atoms with Crippen LogP contribution in [0.3, 0.4) is 0 Å². The van der Waals surface area contributed by atoms with Gasteiger partial charge in [-0.05, 0) is 37.5 Å². The second-order valence-corrected chi connectivity index (χ2v) is 5.92. The Kier molecular flexibility index (Phi) is 7.61. The minimum Gasteiger partial charge on any atom is -0.345 e. The molecule has 6 heteroatoms. The number of para-hydroxylation sites is 1. The van der Waals surface area contributed by atoms with Crippen LogP contribution in [-0.4, -0.2) is 18.4 Å². The average Bonchev–Trinajstić information content (AvgIpc) is 2.56. The molecule has 0 aliphatic carbocycles. The third kappa shape index (κ3) is 5.59. The second kappa shape index (κ2) is 9.20. The van der Waals surface area contributed by atoms with Crippen LogP contribution >= 0.6 is 12.4 Å². The highest BCUT2D eigenvalue weighted by Gasteiger charge is 2.16. The van der Waals surface area contributed by atoms with Crippen molar-refractivity contribution >= 4 is 29.9 Å². The second-order valence-electron chi connectivity index (χ2n) is 5.92. The van der Waals surface area contributed by atoms with Gasteiger partial charge in [0.25, 0.3) is 0 Å². The van der Waals surface area contributed by atoms with Crippen LogP contribution in [-0.2, 0) is 9.59 Å². The molecule has 0 radical (unpaired) electrons. The van der Waals surface area contributed by atoms with Gasteiger partial charge >= 0.3 is 0 Å². The van der Waals surface area contributed by atoms with Gasteiger partial charge in [-0.3, -0.25) is 9.59 Å². The molecule has 0 aliphatic rings. The maximum absolute atomic E-state index is 12.1. The van der Waals surface area contributed by atoms with E-state index in [1.165, 1.54) is 0 Å². The number of amides is 2. The van der Waals surface area contributed by atoms with E-state index >= 15 is 0 Å². The first-order chi connectivity index (χ1) is 11.4. The summed E-state index contributed by atoms with van der Waals surface area (Å²) in [6.45, 7) is 5.70. The average molecular weight is 362 g/mol. The van der Waals surface area contributed by atoms with Gasteiger partial charge in [0.1, 0.15) is 6.04 Å². The van der Waals surface area contributed by atoms with Crippen molar-refractivity contribution in [2.45, 2.75) is 26.8 Å². The summed E-state index contributed by atoms with van der Waals surface area (Å²) in [5.74, 6) is -0.660. The van der Waals surface area contributed by atoms with Crippen LogP contribution in [0.2, 0.25) is 0 Å². The van der Waals surface area contributed by atoms with E-state index in [-0.39, 0.29) is 30.8 Å². The number of hydrogen-bond acceptors (Lipinski definition) is 3. The van der Waals surface area contributed by atoms with Gasteiger partial charge in [0.15, 0.2) is 0 Å². The number of rotatable bonds is 5. The van der Waals surface area contributed by atoms with Gasteiger partial charge in [-0.15, -0.1) is 12.4 Å². The monoisotopic (exact) mass is 361 g/mol. The molecule has 0 saturated heterocycles. The molecule has 0 aromatic heterocycles. The molecule has 5 nitrogen and oxygen atoms in total. The maximum atomic E-state index is 12.1. The lowest BCUT2D eigenvalue weighted by molar-refractivity contribution is -0.125. The lowest BCUT2D eigenvalue weighted by Gasteiger charge is -2.14. The number of anilines is 1. The summed E-state index contributed by atoms with van der Waals surface area (Å²) < 4.78 is 0. The van der Waals surface area contributed by atoms with Crippen molar-refractivity contribution in [2.75, 3.05) is 11.9 Å². The third-order valence-electron chi connectivity index (χ3n) is 3.89. The van der Waals surface area contributed by atoms with Crippen LogP contribution in [0.4, 0.5) is 5.69 Å². The molecule has 1 atom stereocenters. The summed E-state index contributed by atoms with van der Waals surface area (Å²) >= 11 is 0. The smallest absolute Gasteiger partial charge is 0.243 e. The zero-order chi connectivity index (χ0) is 17.7. The van der Waals surface area contributed by atoms with Gasteiger partial charge in [0.05, 0.1) is 6.54 Å². The number of carbonyl (C=O) groups is 2. The van der Waals surface area contributed by atoms with E-state index in [1.807, 2.05) is 63.2 Å². The number of carbonyl (C=O) groups excluding carboxylic acids is 2. The fourth-order valence-corrected chi connectivity index (χ4v) is 2.40. The van der Waals surface area contributed by atoms with E-state index in [9.17, 15) is 9.59 Å².